The van der Waals surface area contributed by atoms with Crippen LogP contribution in [0.25, 0.3) is 0 Å². The van der Waals surface area contributed by atoms with Crippen LogP contribution >= 0.6 is 0 Å². The molecule has 0 aliphatic carbocycles. The Balaban J connectivity index is 1.73. The predicted octanol–water partition coefficient (Wildman–Crippen LogP) is 0.809. The van der Waals surface area contributed by atoms with Gasteiger partial charge in [-0.1, -0.05) is 0 Å². The molecule has 20 heavy (non-hydrogen) atoms. The van der Waals surface area contributed by atoms with Gasteiger partial charge in [-0.3, -0.25) is 10.1 Å². The number of nitrogens with zero attached hydrogens (tertiary/aromatic N) is 1. The minimum absolute atomic E-state index is 0.0606. The second kappa shape index (κ2) is 5.01. The van der Waals surface area contributed by atoms with Crippen LogP contribution < -0.4 is 4.74 Å². The van der Waals surface area contributed by atoms with E-state index in [1.54, 1.807) is 19.1 Å². The molecule has 0 saturated carbocycles. The van der Waals surface area contributed by atoms with Crippen molar-refractivity contribution >= 4 is 5.69 Å². The molecule has 7 nitrogen and oxygen atoms in total. The third-order valence-electron chi connectivity index (χ3n) is 3.63. The third kappa shape index (κ3) is 2.24. The number of aliphatic hydroxyl groups excluding tert-OH is 1. The number of ether oxygens (including phenoxy) is 3. The molecule has 0 spiro atoms. The van der Waals surface area contributed by atoms with Crippen LogP contribution in [0.5, 0.6) is 5.75 Å². The summed E-state index contributed by atoms with van der Waals surface area (Å²) in [6.45, 7) is 2.24. The van der Waals surface area contributed by atoms with Crippen LogP contribution in [0.4, 0.5) is 5.69 Å². The van der Waals surface area contributed by atoms with Gasteiger partial charge in [-0.25, -0.2) is 0 Å². The second-order valence-corrected chi connectivity index (χ2v) is 5.02. The predicted molar refractivity (Wildman–Crippen MR) is 67.7 cm³/mol. The molecule has 108 valence electrons. The lowest BCUT2D eigenvalue weighted by Crippen LogP contribution is -2.34. The van der Waals surface area contributed by atoms with E-state index < -0.39 is 11.0 Å². The quantitative estimate of drug-likeness (QED) is 0.651. The zero-order valence-corrected chi connectivity index (χ0v) is 10.9. The highest BCUT2D eigenvalue weighted by Crippen LogP contribution is 2.31. The number of hydrogen-bond acceptors (Lipinski definition) is 6. The minimum Gasteiger partial charge on any atom is -0.485 e. The van der Waals surface area contributed by atoms with Gasteiger partial charge in [0.15, 0.2) is 6.10 Å². The molecule has 0 radical (unpaired) electrons. The van der Waals surface area contributed by atoms with E-state index in [1.807, 2.05) is 0 Å². The minimum atomic E-state index is -0.618. The van der Waals surface area contributed by atoms with E-state index in [2.05, 4.69) is 0 Å². The summed E-state index contributed by atoms with van der Waals surface area (Å²) in [5.74, 6) is 0.535. The first-order valence-electron chi connectivity index (χ1n) is 6.39. The summed E-state index contributed by atoms with van der Waals surface area (Å²) in [4.78, 5) is 10.3. The highest BCUT2D eigenvalue weighted by Gasteiger charge is 2.48. The van der Waals surface area contributed by atoms with Crippen molar-refractivity contribution in [3.8, 4) is 5.75 Å². The molecule has 2 saturated heterocycles. The van der Waals surface area contributed by atoms with Gasteiger partial charge < -0.3 is 19.3 Å². The van der Waals surface area contributed by atoms with Crippen molar-refractivity contribution in [2.45, 2.75) is 31.3 Å². The number of aryl methyl sites for hydroxylation is 1. The number of rotatable bonds is 3. The number of benzene rings is 1. The molecule has 1 aromatic rings. The van der Waals surface area contributed by atoms with E-state index in [4.69, 9.17) is 14.2 Å². The molecule has 1 N–H and O–H groups in total. The highest BCUT2D eigenvalue weighted by molar-refractivity contribution is 5.44. The second-order valence-electron chi connectivity index (χ2n) is 5.02. The lowest BCUT2D eigenvalue weighted by Gasteiger charge is -2.18. The van der Waals surface area contributed by atoms with Crippen molar-refractivity contribution in [1.82, 2.24) is 0 Å². The Morgan fingerprint density at radius 3 is 2.80 bits per heavy atom. The standard InChI is InChI=1S/C13H15NO6/c1-7-4-8(2-3-9(7)14(16)17)20-11-6-19-12-10(15)5-18-13(11)12/h2-4,10-13,15H,5-6H2,1H3/t10-,11-,12-,13-/m1/s1. The fourth-order valence-electron chi connectivity index (χ4n) is 2.63. The van der Waals surface area contributed by atoms with Crippen LogP contribution in [0.2, 0.25) is 0 Å². The Morgan fingerprint density at radius 1 is 1.35 bits per heavy atom. The first-order valence-corrected chi connectivity index (χ1v) is 6.39. The van der Waals surface area contributed by atoms with Crippen molar-refractivity contribution in [2.75, 3.05) is 13.2 Å². The summed E-state index contributed by atoms with van der Waals surface area (Å²) in [6, 6.07) is 4.60. The van der Waals surface area contributed by atoms with E-state index in [1.165, 1.54) is 6.07 Å². The molecule has 2 aliphatic heterocycles. The molecule has 2 aliphatic rings. The van der Waals surface area contributed by atoms with E-state index >= 15 is 0 Å². The maximum atomic E-state index is 10.8. The van der Waals surface area contributed by atoms with Crippen molar-refractivity contribution < 1.29 is 24.2 Å². The van der Waals surface area contributed by atoms with Gasteiger partial charge in [0.2, 0.25) is 0 Å². The van der Waals surface area contributed by atoms with Gasteiger partial charge in [0.05, 0.1) is 18.1 Å². The van der Waals surface area contributed by atoms with Crippen molar-refractivity contribution in [1.29, 1.82) is 0 Å². The molecule has 0 aromatic heterocycles. The molecule has 0 amide bonds. The molecule has 7 heteroatoms. The summed E-state index contributed by atoms with van der Waals surface area (Å²) in [5.41, 5.74) is 0.598. The molecular formula is C13H15NO6. The number of fused-ring (bicyclic) bond motifs is 1. The van der Waals surface area contributed by atoms with Gasteiger partial charge in [-0.2, -0.15) is 0 Å². The smallest absolute Gasteiger partial charge is 0.272 e. The molecule has 0 bridgehead atoms. The van der Waals surface area contributed by atoms with Crippen LogP contribution in [0.3, 0.4) is 0 Å². The Labute approximate surface area is 115 Å². The van der Waals surface area contributed by atoms with E-state index in [0.29, 0.717) is 17.9 Å². The average molecular weight is 281 g/mol. The largest absolute Gasteiger partial charge is 0.485 e. The lowest BCUT2D eigenvalue weighted by atomic mass is 10.1. The number of aliphatic hydroxyl groups is 1. The molecule has 2 fully saturated rings. The first kappa shape index (κ1) is 13.3. The fraction of sp³-hybridized carbons (Fsp3) is 0.538. The van der Waals surface area contributed by atoms with Crippen LogP contribution in [0, 0.1) is 17.0 Å². The zero-order valence-electron chi connectivity index (χ0n) is 10.9. The maximum Gasteiger partial charge on any atom is 0.272 e. The topological polar surface area (TPSA) is 91.1 Å². The van der Waals surface area contributed by atoms with Gasteiger partial charge in [0.1, 0.15) is 24.1 Å². The first-order chi connectivity index (χ1) is 9.56. The van der Waals surface area contributed by atoms with Gasteiger partial charge in [-0.15, -0.1) is 0 Å². The molecule has 1 aromatic carbocycles. The van der Waals surface area contributed by atoms with Crippen LogP contribution in [0.1, 0.15) is 5.56 Å². The highest BCUT2D eigenvalue weighted by atomic mass is 16.6. The Kier molecular flexibility index (Phi) is 3.33. The van der Waals surface area contributed by atoms with E-state index in [0.717, 1.165) is 0 Å². The summed E-state index contributed by atoms with van der Waals surface area (Å²) in [6.07, 6.45) is -1.56. The molecule has 0 unspecified atom stereocenters. The van der Waals surface area contributed by atoms with Gasteiger partial charge >= 0.3 is 0 Å². The van der Waals surface area contributed by atoms with Crippen LogP contribution in [-0.4, -0.2) is 47.7 Å². The Hall–Kier alpha value is -1.70. The zero-order chi connectivity index (χ0) is 14.3. The van der Waals surface area contributed by atoms with Gasteiger partial charge in [-0.05, 0) is 19.1 Å². The van der Waals surface area contributed by atoms with Gasteiger partial charge in [0, 0.05) is 11.6 Å². The summed E-state index contributed by atoms with van der Waals surface area (Å²) >= 11 is 0. The third-order valence-corrected chi connectivity index (χ3v) is 3.63. The molecular weight excluding hydrogens is 266 g/mol. The number of nitro benzene ring substituents is 1. The van der Waals surface area contributed by atoms with Gasteiger partial charge in [0.25, 0.3) is 5.69 Å². The SMILES string of the molecule is Cc1cc(O[C@@H]2CO[C@H]3[C@@H]2OC[C@H]3O)ccc1[N+](=O)[O-]. The Morgan fingerprint density at radius 2 is 2.10 bits per heavy atom. The van der Waals surface area contributed by atoms with Crippen molar-refractivity contribution in [3.63, 3.8) is 0 Å². The van der Waals surface area contributed by atoms with Crippen LogP contribution in [-0.2, 0) is 9.47 Å². The molecule has 3 rings (SSSR count). The summed E-state index contributed by atoms with van der Waals surface area (Å²) in [5, 5.41) is 20.4. The summed E-state index contributed by atoms with van der Waals surface area (Å²) in [7, 11) is 0. The monoisotopic (exact) mass is 281 g/mol. The Bertz CT molecular complexity index is 534. The fourth-order valence-corrected chi connectivity index (χ4v) is 2.63. The van der Waals surface area contributed by atoms with E-state index in [9.17, 15) is 15.2 Å². The van der Waals surface area contributed by atoms with Crippen molar-refractivity contribution in [3.05, 3.63) is 33.9 Å². The normalized spacial score (nSPS) is 32.1. The molecule has 2 heterocycles. The summed E-state index contributed by atoms with van der Waals surface area (Å²) < 4.78 is 16.7. The van der Waals surface area contributed by atoms with Crippen LogP contribution in [0.15, 0.2) is 18.2 Å². The van der Waals surface area contributed by atoms with Crippen molar-refractivity contribution in [2.24, 2.45) is 0 Å². The number of nitro groups is 1. The lowest BCUT2D eigenvalue weighted by molar-refractivity contribution is -0.385. The molecule has 4 atom stereocenters. The number of hydrogen-bond donors (Lipinski definition) is 1. The average Bonchev–Trinajstić information content (AvgIpc) is 2.94. The maximum absolute atomic E-state index is 10.8. The van der Waals surface area contributed by atoms with E-state index in [-0.39, 0.29) is 30.6 Å².